The van der Waals surface area contributed by atoms with Crippen molar-refractivity contribution in [1.82, 2.24) is 25.1 Å². The van der Waals surface area contributed by atoms with E-state index in [-0.39, 0.29) is 5.91 Å². The summed E-state index contributed by atoms with van der Waals surface area (Å²) >= 11 is 0. The van der Waals surface area contributed by atoms with Gasteiger partial charge in [0.05, 0.1) is 6.54 Å². The maximum absolute atomic E-state index is 11.8. The number of amides is 1. The number of hydrogen-bond donors (Lipinski definition) is 0. The van der Waals surface area contributed by atoms with E-state index in [4.69, 9.17) is 0 Å². The standard InChI is InChI=1S/C18H24N6O/c1-3-4-10-22(2)18-19-20-21-24(18)14-16-8-5-7-15(12-16)13-23-11-6-9-17(23)25/h3,5,7-8,12H,1,4,6,9-11,13-14H2,2H3. The SMILES string of the molecule is C=CCCN(C)c1nnnn1Cc1cccc(CN2CCCC2=O)c1. The first kappa shape index (κ1) is 17.1. The molecule has 3 rings (SSSR count). The number of carbonyl (C=O) groups is 1. The summed E-state index contributed by atoms with van der Waals surface area (Å²) in [5.74, 6) is 0.985. The molecule has 0 spiro atoms. The Morgan fingerprint density at radius 2 is 2.12 bits per heavy atom. The van der Waals surface area contributed by atoms with E-state index in [1.54, 1.807) is 4.68 Å². The molecule has 1 aliphatic heterocycles. The Hall–Kier alpha value is -2.70. The summed E-state index contributed by atoms with van der Waals surface area (Å²) in [4.78, 5) is 15.8. The van der Waals surface area contributed by atoms with Crippen molar-refractivity contribution in [3.05, 3.63) is 48.0 Å². The first-order chi connectivity index (χ1) is 12.2. The number of nitrogens with zero attached hydrogens (tertiary/aromatic N) is 6. The van der Waals surface area contributed by atoms with Gasteiger partial charge in [0.15, 0.2) is 0 Å². The molecule has 0 N–H and O–H groups in total. The van der Waals surface area contributed by atoms with Crippen LogP contribution in [0.15, 0.2) is 36.9 Å². The molecule has 0 bridgehead atoms. The minimum absolute atomic E-state index is 0.247. The first-order valence-corrected chi connectivity index (χ1v) is 8.61. The second-order valence-electron chi connectivity index (χ2n) is 6.37. The normalized spacial score (nSPS) is 14.1. The molecule has 7 nitrogen and oxygen atoms in total. The molecular formula is C18H24N6O. The second kappa shape index (κ2) is 7.92. The van der Waals surface area contributed by atoms with Gasteiger partial charge in [-0.25, -0.2) is 4.68 Å². The first-order valence-electron chi connectivity index (χ1n) is 8.61. The van der Waals surface area contributed by atoms with Crippen molar-refractivity contribution < 1.29 is 4.79 Å². The van der Waals surface area contributed by atoms with Crippen LogP contribution in [0.2, 0.25) is 0 Å². The third-order valence-corrected chi connectivity index (χ3v) is 4.39. The van der Waals surface area contributed by atoms with Gasteiger partial charge >= 0.3 is 0 Å². The Morgan fingerprint density at radius 1 is 1.32 bits per heavy atom. The lowest BCUT2D eigenvalue weighted by atomic mass is 10.1. The van der Waals surface area contributed by atoms with Crippen LogP contribution in [0.3, 0.4) is 0 Å². The van der Waals surface area contributed by atoms with Gasteiger partial charge in [-0.15, -0.1) is 6.58 Å². The van der Waals surface area contributed by atoms with Crippen LogP contribution in [-0.4, -0.2) is 51.2 Å². The third kappa shape index (κ3) is 4.23. The van der Waals surface area contributed by atoms with Crippen molar-refractivity contribution in [2.45, 2.75) is 32.4 Å². The predicted octanol–water partition coefficient (Wildman–Crippen LogP) is 1.86. The molecule has 1 fully saturated rings. The highest BCUT2D eigenvalue weighted by atomic mass is 16.2. The fourth-order valence-electron chi connectivity index (χ4n) is 3.05. The lowest BCUT2D eigenvalue weighted by Gasteiger charge is -2.18. The molecule has 2 heterocycles. The molecule has 0 unspecified atom stereocenters. The van der Waals surface area contributed by atoms with Crippen molar-refractivity contribution in [3.8, 4) is 0 Å². The number of benzene rings is 1. The number of anilines is 1. The molecule has 0 atom stereocenters. The Kier molecular flexibility index (Phi) is 5.42. The van der Waals surface area contributed by atoms with Gasteiger partial charge in [-0.3, -0.25) is 4.79 Å². The average molecular weight is 340 g/mol. The molecule has 1 aromatic carbocycles. The lowest BCUT2D eigenvalue weighted by Crippen LogP contribution is -2.24. The molecule has 0 radical (unpaired) electrons. The van der Waals surface area contributed by atoms with Crippen LogP contribution in [0, 0.1) is 0 Å². The Morgan fingerprint density at radius 3 is 2.84 bits per heavy atom. The minimum atomic E-state index is 0.247. The van der Waals surface area contributed by atoms with E-state index in [1.807, 2.05) is 29.0 Å². The van der Waals surface area contributed by atoms with E-state index in [1.165, 1.54) is 0 Å². The summed E-state index contributed by atoms with van der Waals surface area (Å²) < 4.78 is 1.79. The van der Waals surface area contributed by atoms with Gasteiger partial charge in [-0.1, -0.05) is 35.4 Å². The van der Waals surface area contributed by atoms with Crippen LogP contribution in [0.1, 0.15) is 30.4 Å². The number of rotatable bonds is 8. The number of aromatic nitrogens is 4. The molecule has 25 heavy (non-hydrogen) atoms. The highest BCUT2D eigenvalue weighted by molar-refractivity contribution is 5.78. The van der Waals surface area contributed by atoms with Crippen LogP contribution in [0.4, 0.5) is 5.95 Å². The van der Waals surface area contributed by atoms with Crippen LogP contribution < -0.4 is 4.90 Å². The monoisotopic (exact) mass is 340 g/mol. The summed E-state index contributed by atoms with van der Waals surface area (Å²) in [6.45, 7) is 6.70. The van der Waals surface area contributed by atoms with Crippen LogP contribution in [0.25, 0.3) is 0 Å². The molecule has 1 aliphatic rings. The molecular weight excluding hydrogens is 316 g/mol. The van der Waals surface area contributed by atoms with Crippen LogP contribution in [-0.2, 0) is 17.9 Å². The predicted molar refractivity (Wildman–Crippen MR) is 96.1 cm³/mol. The Labute approximate surface area is 147 Å². The fraction of sp³-hybridized carbons (Fsp3) is 0.444. The summed E-state index contributed by atoms with van der Waals surface area (Å²) in [5.41, 5.74) is 2.26. The molecule has 0 saturated carbocycles. The molecule has 1 amide bonds. The van der Waals surface area contributed by atoms with E-state index in [2.05, 4.69) is 40.3 Å². The van der Waals surface area contributed by atoms with E-state index in [9.17, 15) is 4.79 Å². The summed E-state index contributed by atoms with van der Waals surface area (Å²) in [6.07, 6.45) is 4.39. The Bertz CT molecular complexity index is 741. The molecule has 132 valence electrons. The molecule has 0 aliphatic carbocycles. The average Bonchev–Trinajstić information content (AvgIpc) is 3.22. The Balaban J connectivity index is 1.69. The van der Waals surface area contributed by atoms with Gasteiger partial charge in [0.25, 0.3) is 0 Å². The zero-order chi connectivity index (χ0) is 17.6. The van der Waals surface area contributed by atoms with E-state index >= 15 is 0 Å². The van der Waals surface area contributed by atoms with Crippen molar-refractivity contribution in [1.29, 1.82) is 0 Å². The number of tetrazole rings is 1. The zero-order valence-corrected chi connectivity index (χ0v) is 14.6. The maximum atomic E-state index is 11.8. The quantitative estimate of drug-likeness (QED) is 0.686. The lowest BCUT2D eigenvalue weighted by molar-refractivity contribution is -0.128. The molecule has 2 aromatic rings. The van der Waals surface area contributed by atoms with Crippen LogP contribution in [0.5, 0.6) is 0 Å². The fourth-order valence-corrected chi connectivity index (χ4v) is 3.05. The van der Waals surface area contributed by atoms with Crippen LogP contribution >= 0.6 is 0 Å². The van der Waals surface area contributed by atoms with Gasteiger partial charge in [-0.2, -0.15) is 0 Å². The molecule has 1 saturated heterocycles. The van der Waals surface area contributed by atoms with Gasteiger partial charge in [0.1, 0.15) is 0 Å². The van der Waals surface area contributed by atoms with Crippen molar-refractivity contribution in [2.75, 3.05) is 25.0 Å². The number of carbonyl (C=O) groups excluding carboxylic acids is 1. The van der Waals surface area contributed by atoms with Gasteiger partial charge in [-0.05, 0) is 34.4 Å². The highest BCUT2D eigenvalue weighted by Crippen LogP contribution is 2.16. The zero-order valence-electron chi connectivity index (χ0n) is 14.6. The topological polar surface area (TPSA) is 67.2 Å². The maximum Gasteiger partial charge on any atom is 0.245 e. The highest BCUT2D eigenvalue weighted by Gasteiger charge is 2.20. The summed E-state index contributed by atoms with van der Waals surface area (Å²) in [7, 11) is 1.97. The largest absolute Gasteiger partial charge is 0.342 e. The smallest absolute Gasteiger partial charge is 0.245 e. The molecule has 7 heteroatoms. The van der Waals surface area contributed by atoms with Gasteiger partial charge in [0, 0.05) is 33.1 Å². The second-order valence-corrected chi connectivity index (χ2v) is 6.37. The third-order valence-electron chi connectivity index (χ3n) is 4.39. The minimum Gasteiger partial charge on any atom is -0.342 e. The van der Waals surface area contributed by atoms with Crippen molar-refractivity contribution >= 4 is 11.9 Å². The number of likely N-dealkylation sites (tertiary alicyclic amines) is 1. The number of hydrogen-bond acceptors (Lipinski definition) is 5. The summed E-state index contributed by atoms with van der Waals surface area (Å²) in [5, 5.41) is 12.0. The van der Waals surface area contributed by atoms with Gasteiger partial charge in [0.2, 0.25) is 11.9 Å². The van der Waals surface area contributed by atoms with Gasteiger partial charge < -0.3 is 9.80 Å². The summed E-state index contributed by atoms with van der Waals surface area (Å²) in [6, 6.07) is 8.27. The van der Waals surface area contributed by atoms with E-state index in [0.29, 0.717) is 19.5 Å². The van der Waals surface area contributed by atoms with E-state index in [0.717, 1.165) is 43.0 Å². The van der Waals surface area contributed by atoms with E-state index < -0.39 is 0 Å². The van der Waals surface area contributed by atoms with Crippen molar-refractivity contribution in [2.24, 2.45) is 0 Å². The molecule has 1 aromatic heterocycles. The van der Waals surface area contributed by atoms with Crippen molar-refractivity contribution in [3.63, 3.8) is 0 Å².